The third kappa shape index (κ3) is 2.81. The summed E-state index contributed by atoms with van der Waals surface area (Å²) in [7, 11) is 3.72. The topological polar surface area (TPSA) is 21.1 Å². The lowest BCUT2D eigenvalue weighted by Gasteiger charge is -2.25. The van der Waals surface area contributed by atoms with Gasteiger partial charge in [0.1, 0.15) is 17.5 Å². The molecule has 0 aliphatic heterocycles. The fourth-order valence-electron chi connectivity index (χ4n) is 2.04. The number of benzene rings is 1. The number of aryl methyl sites for hydroxylation is 1. The maximum absolute atomic E-state index is 13.7. The van der Waals surface area contributed by atoms with Gasteiger partial charge in [0.2, 0.25) is 0 Å². The third-order valence-electron chi connectivity index (χ3n) is 3.39. The molecule has 1 heterocycles. The molecule has 2 rings (SSSR count). The number of rotatable bonds is 4. The summed E-state index contributed by atoms with van der Waals surface area (Å²) in [6.07, 6.45) is 3.55. The minimum atomic E-state index is -0.515. The molecule has 0 fully saturated rings. The van der Waals surface area contributed by atoms with E-state index in [9.17, 15) is 8.78 Å². The molecular formula is C14H17F2N3. The monoisotopic (exact) mass is 265 g/mol. The van der Waals surface area contributed by atoms with Crippen LogP contribution in [0.4, 0.5) is 8.78 Å². The van der Waals surface area contributed by atoms with Gasteiger partial charge in [0.15, 0.2) is 0 Å². The van der Waals surface area contributed by atoms with Crippen LogP contribution in [0.5, 0.6) is 0 Å². The molecule has 0 bridgehead atoms. The molecule has 1 aromatic heterocycles. The van der Waals surface area contributed by atoms with Crippen molar-refractivity contribution in [2.45, 2.75) is 19.5 Å². The normalized spacial score (nSPS) is 12.9. The number of imidazole rings is 1. The number of aromatic nitrogens is 2. The van der Waals surface area contributed by atoms with Gasteiger partial charge in [-0.2, -0.15) is 0 Å². The summed E-state index contributed by atoms with van der Waals surface area (Å²) in [6, 6.07) is 3.57. The fourth-order valence-corrected chi connectivity index (χ4v) is 2.04. The van der Waals surface area contributed by atoms with Crippen LogP contribution in [-0.4, -0.2) is 21.5 Å². The predicted octanol–water partition coefficient (Wildman–Crippen LogP) is 2.89. The molecule has 1 atom stereocenters. The number of halogens is 2. The van der Waals surface area contributed by atoms with Gasteiger partial charge in [0.25, 0.3) is 0 Å². The fraction of sp³-hybridized carbons (Fsp3) is 0.357. The number of hydrogen-bond acceptors (Lipinski definition) is 2. The molecule has 2 aromatic rings. The molecule has 0 aliphatic carbocycles. The molecule has 0 amide bonds. The molecule has 0 saturated heterocycles. The summed E-state index contributed by atoms with van der Waals surface area (Å²) in [5.41, 5.74) is 0.0965. The van der Waals surface area contributed by atoms with Crippen LogP contribution in [0.1, 0.15) is 24.4 Å². The van der Waals surface area contributed by atoms with Gasteiger partial charge in [-0.15, -0.1) is 0 Å². The highest BCUT2D eigenvalue weighted by molar-refractivity contribution is 5.22. The molecule has 5 heteroatoms. The lowest BCUT2D eigenvalue weighted by molar-refractivity contribution is 0.234. The quantitative estimate of drug-likeness (QED) is 0.847. The Morgan fingerprint density at radius 1 is 1.32 bits per heavy atom. The van der Waals surface area contributed by atoms with E-state index >= 15 is 0 Å². The van der Waals surface area contributed by atoms with Crippen LogP contribution < -0.4 is 0 Å². The predicted molar refractivity (Wildman–Crippen MR) is 69.4 cm³/mol. The molecule has 3 nitrogen and oxygen atoms in total. The second-order valence-corrected chi connectivity index (χ2v) is 4.68. The summed E-state index contributed by atoms with van der Waals surface area (Å²) < 4.78 is 29.4. The zero-order valence-electron chi connectivity index (χ0n) is 11.3. The Balaban J connectivity index is 2.19. The summed E-state index contributed by atoms with van der Waals surface area (Å²) in [4.78, 5) is 6.08. The van der Waals surface area contributed by atoms with E-state index < -0.39 is 11.6 Å². The van der Waals surface area contributed by atoms with Crippen molar-refractivity contribution < 1.29 is 8.78 Å². The summed E-state index contributed by atoms with van der Waals surface area (Å²) in [6.45, 7) is 2.31. The summed E-state index contributed by atoms with van der Waals surface area (Å²) in [5.74, 6) is -0.176. The smallest absolute Gasteiger partial charge is 0.130 e. The van der Waals surface area contributed by atoms with Crippen molar-refractivity contribution in [1.82, 2.24) is 14.5 Å². The Morgan fingerprint density at radius 3 is 2.47 bits per heavy atom. The maximum atomic E-state index is 13.7. The average Bonchev–Trinajstić information content (AvgIpc) is 2.74. The first-order valence-electron chi connectivity index (χ1n) is 6.11. The number of hydrogen-bond donors (Lipinski definition) is 0. The van der Waals surface area contributed by atoms with Crippen molar-refractivity contribution in [3.8, 4) is 0 Å². The average molecular weight is 265 g/mol. The van der Waals surface area contributed by atoms with Gasteiger partial charge in [-0.05, 0) is 26.1 Å². The van der Waals surface area contributed by atoms with E-state index in [-0.39, 0.29) is 11.6 Å². The second kappa shape index (κ2) is 5.48. The largest absolute Gasteiger partial charge is 0.337 e. The van der Waals surface area contributed by atoms with E-state index in [2.05, 4.69) is 4.98 Å². The van der Waals surface area contributed by atoms with Crippen molar-refractivity contribution in [2.24, 2.45) is 7.05 Å². The molecule has 19 heavy (non-hydrogen) atoms. The minimum Gasteiger partial charge on any atom is -0.337 e. The first-order chi connectivity index (χ1) is 9.00. The van der Waals surface area contributed by atoms with Gasteiger partial charge >= 0.3 is 0 Å². The molecule has 0 radical (unpaired) electrons. The molecule has 0 spiro atoms. The van der Waals surface area contributed by atoms with Gasteiger partial charge < -0.3 is 4.57 Å². The van der Waals surface area contributed by atoms with Crippen LogP contribution in [0.15, 0.2) is 30.6 Å². The second-order valence-electron chi connectivity index (χ2n) is 4.68. The molecule has 0 unspecified atom stereocenters. The van der Waals surface area contributed by atoms with Crippen LogP contribution >= 0.6 is 0 Å². The zero-order valence-corrected chi connectivity index (χ0v) is 11.3. The zero-order chi connectivity index (χ0) is 14.0. The van der Waals surface area contributed by atoms with Gasteiger partial charge in [-0.1, -0.05) is 6.07 Å². The Bertz CT molecular complexity index is 545. The standard InChI is InChI=1S/C14H17F2N3/c1-10(14-11(15)5-4-6-12(14)16)19(3)9-13-17-7-8-18(13)2/h4-8,10H,9H2,1-3H3/t10-/m0/s1. The van der Waals surface area contributed by atoms with E-state index in [0.717, 1.165) is 5.82 Å². The SMILES string of the molecule is C[C@@H](c1c(F)cccc1F)N(C)Cc1nccn1C. The molecular weight excluding hydrogens is 248 g/mol. The third-order valence-corrected chi connectivity index (χ3v) is 3.39. The van der Waals surface area contributed by atoms with E-state index in [4.69, 9.17) is 0 Å². The van der Waals surface area contributed by atoms with Crippen LogP contribution in [0, 0.1) is 11.6 Å². The summed E-state index contributed by atoms with van der Waals surface area (Å²) >= 11 is 0. The molecule has 0 saturated carbocycles. The van der Waals surface area contributed by atoms with Crippen molar-refractivity contribution in [1.29, 1.82) is 0 Å². The highest BCUT2D eigenvalue weighted by Gasteiger charge is 2.20. The Kier molecular flexibility index (Phi) is 3.95. The van der Waals surface area contributed by atoms with E-state index in [1.165, 1.54) is 18.2 Å². The Labute approximate surface area is 111 Å². The maximum Gasteiger partial charge on any atom is 0.130 e. The van der Waals surface area contributed by atoms with Crippen LogP contribution in [0.3, 0.4) is 0 Å². The Hall–Kier alpha value is -1.75. The van der Waals surface area contributed by atoms with Crippen LogP contribution in [0.2, 0.25) is 0 Å². The van der Waals surface area contributed by atoms with Crippen LogP contribution in [-0.2, 0) is 13.6 Å². The van der Waals surface area contributed by atoms with Crippen molar-refractivity contribution in [2.75, 3.05) is 7.05 Å². The van der Waals surface area contributed by atoms with Crippen molar-refractivity contribution >= 4 is 0 Å². The van der Waals surface area contributed by atoms with Gasteiger partial charge in [0.05, 0.1) is 6.54 Å². The molecule has 0 N–H and O–H groups in total. The minimum absolute atomic E-state index is 0.0965. The number of nitrogens with zero attached hydrogens (tertiary/aromatic N) is 3. The van der Waals surface area contributed by atoms with E-state index in [0.29, 0.717) is 6.54 Å². The van der Waals surface area contributed by atoms with Gasteiger partial charge in [-0.25, -0.2) is 13.8 Å². The molecule has 1 aromatic carbocycles. The molecule has 102 valence electrons. The Morgan fingerprint density at radius 2 is 1.95 bits per heavy atom. The first kappa shape index (κ1) is 13.7. The van der Waals surface area contributed by atoms with Crippen molar-refractivity contribution in [3.63, 3.8) is 0 Å². The first-order valence-corrected chi connectivity index (χ1v) is 6.11. The lowest BCUT2D eigenvalue weighted by Crippen LogP contribution is -2.25. The van der Waals surface area contributed by atoms with Gasteiger partial charge in [0, 0.05) is 31.0 Å². The van der Waals surface area contributed by atoms with E-state index in [1.54, 1.807) is 13.1 Å². The van der Waals surface area contributed by atoms with Crippen LogP contribution in [0.25, 0.3) is 0 Å². The highest BCUT2D eigenvalue weighted by Crippen LogP contribution is 2.25. The summed E-state index contributed by atoms with van der Waals surface area (Å²) in [5, 5.41) is 0. The van der Waals surface area contributed by atoms with Crippen molar-refractivity contribution in [3.05, 3.63) is 53.6 Å². The lowest BCUT2D eigenvalue weighted by atomic mass is 10.1. The van der Waals surface area contributed by atoms with Gasteiger partial charge in [-0.3, -0.25) is 4.90 Å². The van der Waals surface area contributed by atoms with E-state index in [1.807, 2.05) is 29.8 Å². The molecule has 0 aliphatic rings. The highest BCUT2D eigenvalue weighted by atomic mass is 19.1.